The number of hydrazone groups is 1. The lowest BCUT2D eigenvalue weighted by atomic mass is 10.1. The van der Waals surface area contributed by atoms with Gasteiger partial charge in [-0.1, -0.05) is 54.2 Å². The summed E-state index contributed by atoms with van der Waals surface area (Å²) in [5.41, 5.74) is 4.52. The minimum absolute atomic E-state index is 0.209. The molecule has 8 heteroatoms. The van der Waals surface area contributed by atoms with Crippen molar-refractivity contribution in [1.82, 2.24) is 20.2 Å². The highest BCUT2D eigenvalue weighted by atomic mass is 32.2. The number of aromatic nitrogens is 3. The summed E-state index contributed by atoms with van der Waals surface area (Å²) in [6.07, 6.45) is 3.19. The first-order valence-corrected chi connectivity index (χ1v) is 10.7. The Bertz CT molecular complexity index is 1200. The van der Waals surface area contributed by atoms with E-state index < -0.39 is 0 Å². The van der Waals surface area contributed by atoms with Crippen molar-refractivity contribution in [2.75, 3.05) is 5.75 Å². The number of amides is 1. The minimum Gasteiger partial charge on any atom is -0.489 e. The maximum absolute atomic E-state index is 11.9. The summed E-state index contributed by atoms with van der Waals surface area (Å²) in [4.78, 5) is 11.9. The molecule has 0 aliphatic heterocycles. The third-order valence-electron chi connectivity index (χ3n) is 4.56. The van der Waals surface area contributed by atoms with Gasteiger partial charge < -0.3 is 9.30 Å². The Hall–Kier alpha value is -3.65. The van der Waals surface area contributed by atoms with E-state index in [1.165, 1.54) is 22.5 Å². The lowest BCUT2D eigenvalue weighted by molar-refractivity contribution is -0.118. The van der Waals surface area contributed by atoms with Crippen molar-refractivity contribution in [3.05, 3.63) is 84.2 Å². The second-order valence-corrected chi connectivity index (χ2v) is 7.74. The zero-order chi connectivity index (χ0) is 21.5. The van der Waals surface area contributed by atoms with Gasteiger partial charge in [-0.25, -0.2) is 5.43 Å². The number of ether oxygens (including phenoxy) is 1. The van der Waals surface area contributed by atoms with Crippen molar-refractivity contribution in [2.24, 2.45) is 12.1 Å². The number of thioether (sulfide) groups is 1. The fourth-order valence-electron chi connectivity index (χ4n) is 2.97. The van der Waals surface area contributed by atoms with Crippen LogP contribution in [-0.4, -0.2) is 32.6 Å². The van der Waals surface area contributed by atoms with Gasteiger partial charge in [-0.2, -0.15) is 5.10 Å². The van der Waals surface area contributed by atoms with Crippen LogP contribution < -0.4 is 10.2 Å². The predicted molar refractivity (Wildman–Crippen MR) is 122 cm³/mol. The Kier molecular flexibility index (Phi) is 6.59. The van der Waals surface area contributed by atoms with Gasteiger partial charge in [0.05, 0.1) is 12.0 Å². The van der Waals surface area contributed by atoms with Gasteiger partial charge >= 0.3 is 0 Å². The zero-order valence-electron chi connectivity index (χ0n) is 16.9. The zero-order valence-corrected chi connectivity index (χ0v) is 17.7. The fourth-order valence-corrected chi connectivity index (χ4v) is 3.65. The van der Waals surface area contributed by atoms with Crippen molar-refractivity contribution in [3.63, 3.8) is 0 Å². The van der Waals surface area contributed by atoms with Crippen LogP contribution in [0.3, 0.4) is 0 Å². The number of nitrogens with zero attached hydrogens (tertiary/aromatic N) is 4. The number of carbonyl (C=O) groups is 1. The molecule has 4 aromatic rings. The van der Waals surface area contributed by atoms with Gasteiger partial charge in [0, 0.05) is 7.05 Å². The lowest BCUT2D eigenvalue weighted by Crippen LogP contribution is -2.19. The van der Waals surface area contributed by atoms with Crippen LogP contribution in [0.15, 0.2) is 83.3 Å². The average molecular weight is 432 g/mol. The molecule has 0 unspecified atom stereocenters. The molecule has 4 rings (SSSR count). The molecule has 0 bridgehead atoms. The summed E-state index contributed by atoms with van der Waals surface area (Å²) in [6, 6.07) is 22.0. The average Bonchev–Trinajstić information content (AvgIpc) is 3.22. The molecule has 31 heavy (non-hydrogen) atoms. The van der Waals surface area contributed by atoms with Gasteiger partial charge in [-0.05, 0) is 46.2 Å². The fraction of sp³-hybridized carbons (Fsp3) is 0.130. The molecule has 1 amide bonds. The molecule has 1 aromatic heterocycles. The van der Waals surface area contributed by atoms with Crippen LogP contribution in [0.4, 0.5) is 0 Å². The topological polar surface area (TPSA) is 81.4 Å². The second-order valence-electron chi connectivity index (χ2n) is 6.80. The van der Waals surface area contributed by atoms with Crippen molar-refractivity contribution < 1.29 is 9.53 Å². The number of fused-ring (bicyclic) bond motifs is 1. The monoisotopic (exact) mass is 431 g/mol. The molecule has 0 aliphatic rings. The summed E-state index contributed by atoms with van der Waals surface area (Å²) in [5.74, 6) is 0.777. The smallest absolute Gasteiger partial charge is 0.250 e. The number of benzene rings is 3. The molecule has 0 atom stereocenters. The summed E-state index contributed by atoms with van der Waals surface area (Å²) >= 11 is 1.30. The van der Waals surface area contributed by atoms with Gasteiger partial charge in [-0.3, -0.25) is 4.79 Å². The first kappa shape index (κ1) is 20.6. The SMILES string of the molecule is Cn1cnnc1SCC(=O)N/N=C\c1ccc(OCc2cccc3ccccc23)cc1. The molecular weight excluding hydrogens is 410 g/mol. The van der Waals surface area contributed by atoms with E-state index in [0.717, 1.165) is 16.9 Å². The number of nitrogens with one attached hydrogen (secondary N) is 1. The van der Waals surface area contributed by atoms with E-state index in [1.807, 2.05) is 49.5 Å². The summed E-state index contributed by atoms with van der Waals surface area (Å²) in [6.45, 7) is 0.494. The Labute approximate surface area is 184 Å². The number of carbonyl (C=O) groups excluding carboxylic acids is 1. The number of aryl methyl sites for hydroxylation is 1. The summed E-state index contributed by atoms with van der Waals surface area (Å²) < 4.78 is 7.70. The van der Waals surface area contributed by atoms with Gasteiger partial charge in [-0.15, -0.1) is 10.2 Å². The van der Waals surface area contributed by atoms with E-state index in [1.54, 1.807) is 17.1 Å². The molecule has 0 aliphatic carbocycles. The molecule has 0 spiro atoms. The van der Waals surface area contributed by atoms with E-state index in [9.17, 15) is 4.79 Å². The quantitative estimate of drug-likeness (QED) is 0.261. The van der Waals surface area contributed by atoms with Crippen LogP contribution >= 0.6 is 11.8 Å². The van der Waals surface area contributed by atoms with Crippen molar-refractivity contribution in [2.45, 2.75) is 11.8 Å². The van der Waals surface area contributed by atoms with E-state index in [0.29, 0.717) is 11.8 Å². The first-order chi connectivity index (χ1) is 15.2. The van der Waals surface area contributed by atoms with Gasteiger partial charge in [0.15, 0.2) is 5.16 Å². The number of hydrogen-bond acceptors (Lipinski definition) is 6. The van der Waals surface area contributed by atoms with Gasteiger partial charge in [0.2, 0.25) is 0 Å². The van der Waals surface area contributed by atoms with Gasteiger partial charge in [0.25, 0.3) is 5.91 Å². The second kappa shape index (κ2) is 9.90. The first-order valence-electron chi connectivity index (χ1n) is 9.67. The Morgan fingerprint density at radius 2 is 1.94 bits per heavy atom. The van der Waals surface area contributed by atoms with Crippen LogP contribution in [0.1, 0.15) is 11.1 Å². The molecule has 0 saturated heterocycles. The Morgan fingerprint density at radius 1 is 1.13 bits per heavy atom. The van der Waals surface area contributed by atoms with E-state index in [-0.39, 0.29) is 11.7 Å². The maximum Gasteiger partial charge on any atom is 0.250 e. The minimum atomic E-state index is -0.209. The predicted octanol–water partition coefficient (Wildman–Crippen LogP) is 3.79. The standard InChI is InChI=1S/C23H21N5O2S/c1-28-16-25-27-23(28)31-15-22(29)26-24-13-17-9-11-20(12-10-17)30-14-19-7-4-6-18-5-2-3-8-21(18)19/h2-13,16H,14-15H2,1H3,(H,26,29)/b24-13-. The normalized spacial score (nSPS) is 11.1. The van der Waals surface area contributed by atoms with Crippen molar-refractivity contribution >= 4 is 34.7 Å². The van der Waals surface area contributed by atoms with Crippen molar-refractivity contribution in [1.29, 1.82) is 0 Å². The van der Waals surface area contributed by atoms with E-state index in [4.69, 9.17) is 4.74 Å². The highest BCUT2D eigenvalue weighted by Gasteiger charge is 2.06. The Balaban J connectivity index is 1.27. The molecule has 0 saturated carbocycles. The van der Waals surface area contributed by atoms with Gasteiger partial charge in [0.1, 0.15) is 18.7 Å². The van der Waals surface area contributed by atoms with Crippen LogP contribution in [-0.2, 0) is 18.4 Å². The molecule has 0 radical (unpaired) electrons. The molecule has 3 aromatic carbocycles. The summed E-state index contributed by atoms with van der Waals surface area (Å²) in [5, 5.41) is 14.8. The highest BCUT2D eigenvalue weighted by molar-refractivity contribution is 7.99. The highest BCUT2D eigenvalue weighted by Crippen LogP contribution is 2.21. The van der Waals surface area contributed by atoms with Crippen LogP contribution in [0.2, 0.25) is 0 Å². The van der Waals surface area contributed by atoms with E-state index in [2.05, 4.69) is 45.0 Å². The summed E-state index contributed by atoms with van der Waals surface area (Å²) in [7, 11) is 1.83. The molecule has 7 nitrogen and oxygen atoms in total. The maximum atomic E-state index is 11.9. The van der Waals surface area contributed by atoms with Crippen LogP contribution in [0.25, 0.3) is 10.8 Å². The molecule has 1 N–H and O–H groups in total. The third-order valence-corrected chi connectivity index (χ3v) is 5.59. The largest absolute Gasteiger partial charge is 0.489 e. The van der Waals surface area contributed by atoms with Crippen LogP contribution in [0.5, 0.6) is 5.75 Å². The number of hydrogen-bond donors (Lipinski definition) is 1. The van der Waals surface area contributed by atoms with E-state index >= 15 is 0 Å². The third kappa shape index (κ3) is 5.49. The number of rotatable bonds is 8. The molecular formula is C23H21N5O2S. The Morgan fingerprint density at radius 3 is 2.74 bits per heavy atom. The molecule has 156 valence electrons. The molecule has 1 heterocycles. The van der Waals surface area contributed by atoms with Crippen molar-refractivity contribution in [3.8, 4) is 5.75 Å². The molecule has 0 fully saturated rings. The van der Waals surface area contributed by atoms with Crippen LogP contribution in [0, 0.1) is 0 Å². The lowest BCUT2D eigenvalue weighted by Gasteiger charge is -2.09.